The molecular weight excluding hydrogens is 484 g/mol. The highest BCUT2D eigenvalue weighted by Crippen LogP contribution is 2.25. The van der Waals surface area contributed by atoms with Gasteiger partial charge in [0.05, 0.1) is 35.3 Å². The number of unbranched alkanes of at least 4 members (excludes halogenated alkanes) is 2. The first-order chi connectivity index (χ1) is 19.1. The first kappa shape index (κ1) is 24.7. The van der Waals surface area contributed by atoms with Gasteiger partial charge in [0.2, 0.25) is 0 Å². The van der Waals surface area contributed by atoms with Crippen LogP contribution in [0.5, 0.6) is 11.5 Å². The fourth-order valence-electron chi connectivity index (χ4n) is 4.70. The zero-order chi connectivity index (χ0) is 26.6. The highest BCUT2D eigenvalue weighted by atomic mass is 16.5. The molecule has 0 aliphatic rings. The molecule has 0 amide bonds. The summed E-state index contributed by atoms with van der Waals surface area (Å²) in [6.45, 7) is 5.55. The number of hydrogen-bond acceptors (Lipinski definition) is 4. The number of benzene rings is 4. The van der Waals surface area contributed by atoms with E-state index >= 15 is 0 Å². The maximum atomic E-state index is 5.94. The van der Waals surface area contributed by atoms with Gasteiger partial charge in [0.25, 0.3) is 0 Å². The summed E-state index contributed by atoms with van der Waals surface area (Å²) >= 11 is 0. The molecule has 2 aromatic heterocycles. The second-order valence-corrected chi connectivity index (χ2v) is 10.0. The van der Waals surface area contributed by atoms with Gasteiger partial charge < -0.3 is 19.4 Å². The molecule has 196 valence electrons. The van der Waals surface area contributed by atoms with E-state index in [1.807, 2.05) is 60.7 Å². The predicted molar refractivity (Wildman–Crippen MR) is 157 cm³/mol. The zero-order valence-corrected chi connectivity index (χ0v) is 22.3. The summed E-state index contributed by atoms with van der Waals surface area (Å²) in [6, 6.07) is 28.7. The van der Waals surface area contributed by atoms with Gasteiger partial charge in [-0.1, -0.05) is 12.1 Å². The summed E-state index contributed by atoms with van der Waals surface area (Å²) in [6.07, 6.45) is 3.02. The zero-order valence-electron chi connectivity index (χ0n) is 22.3. The minimum Gasteiger partial charge on any atom is -0.494 e. The van der Waals surface area contributed by atoms with E-state index in [4.69, 9.17) is 19.4 Å². The average molecular weight is 517 g/mol. The van der Waals surface area contributed by atoms with Crippen LogP contribution in [-0.4, -0.2) is 33.1 Å². The molecule has 0 fully saturated rings. The van der Waals surface area contributed by atoms with Gasteiger partial charge in [0.1, 0.15) is 23.1 Å². The Labute approximate surface area is 228 Å². The molecule has 0 aliphatic carbocycles. The van der Waals surface area contributed by atoms with Crippen molar-refractivity contribution in [3.63, 3.8) is 0 Å². The fraction of sp³-hybridized carbons (Fsp3) is 0.212. The number of aromatic nitrogens is 4. The van der Waals surface area contributed by atoms with E-state index in [9.17, 15) is 0 Å². The van der Waals surface area contributed by atoms with Crippen LogP contribution in [0.15, 0.2) is 84.9 Å². The molecule has 0 radical (unpaired) electrons. The van der Waals surface area contributed by atoms with Crippen molar-refractivity contribution in [1.29, 1.82) is 0 Å². The Morgan fingerprint density at radius 2 is 0.974 bits per heavy atom. The monoisotopic (exact) mass is 516 g/mol. The first-order valence-corrected chi connectivity index (χ1v) is 13.5. The number of aromatic amines is 2. The van der Waals surface area contributed by atoms with Gasteiger partial charge in [-0.05, 0) is 117 Å². The molecule has 0 saturated carbocycles. The van der Waals surface area contributed by atoms with Gasteiger partial charge in [-0.15, -0.1) is 0 Å². The lowest BCUT2D eigenvalue weighted by Gasteiger charge is -2.08. The number of H-pyrrole nitrogens is 2. The van der Waals surface area contributed by atoms with Crippen molar-refractivity contribution in [2.45, 2.75) is 33.1 Å². The van der Waals surface area contributed by atoms with Gasteiger partial charge in [0, 0.05) is 11.1 Å². The van der Waals surface area contributed by atoms with Crippen molar-refractivity contribution in [2.24, 2.45) is 0 Å². The lowest BCUT2D eigenvalue weighted by molar-refractivity contribution is 0.279. The Morgan fingerprint density at radius 1 is 0.538 bits per heavy atom. The van der Waals surface area contributed by atoms with E-state index in [2.05, 4.69) is 48.1 Å². The summed E-state index contributed by atoms with van der Waals surface area (Å²) in [4.78, 5) is 16.2. The summed E-state index contributed by atoms with van der Waals surface area (Å²) in [5.74, 6) is 3.51. The molecule has 0 saturated heterocycles. The SMILES string of the molecule is Cc1ccc2nc(-c3ccc(OCCCCCOc4ccc(-c5nc6ccc(C)cc6[nH]5)cc4)cc3)[nH]c2c1. The van der Waals surface area contributed by atoms with Crippen LogP contribution in [0, 0.1) is 13.8 Å². The number of nitrogens with zero attached hydrogens (tertiary/aromatic N) is 2. The minimum atomic E-state index is 0.689. The van der Waals surface area contributed by atoms with E-state index in [1.54, 1.807) is 0 Å². The topological polar surface area (TPSA) is 75.8 Å². The minimum absolute atomic E-state index is 0.689. The summed E-state index contributed by atoms with van der Waals surface area (Å²) < 4.78 is 11.9. The molecule has 2 heterocycles. The van der Waals surface area contributed by atoms with Crippen molar-refractivity contribution < 1.29 is 9.47 Å². The van der Waals surface area contributed by atoms with E-state index in [0.717, 1.165) is 75.6 Å². The van der Waals surface area contributed by atoms with Crippen LogP contribution in [0.25, 0.3) is 44.8 Å². The predicted octanol–water partition coefficient (Wildman–Crippen LogP) is 8.02. The first-order valence-electron chi connectivity index (χ1n) is 13.5. The highest BCUT2D eigenvalue weighted by Gasteiger charge is 2.07. The molecule has 0 spiro atoms. The number of hydrogen-bond donors (Lipinski definition) is 2. The molecule has 6 aromatic rings. The van der Waals surface area contributed by atoms with Crippen LogP contribution in [0.1, 0.15) is 30.4 Å². The van der Waals surface area contributed by atoms with Crippen LogP contribution in [0.2, 0.25) is 0 Å². The van der Waals surface area contributed by atoms with Gasteiger partial charge in [0.15, 0.2) is 0 Å². The lowest BCUT2D eigenvalue weighted by atomic mass is 10.2. The van der Waals surface area contributed by atoms with Crippen LogP contribution >= 0.6 is 0 Å². The molecule has 0 aliphatic heterocycles. The molecule has 6 rings (SSSR count). The Bertz CT molecular complexity index is 1570. The third-order valence-electron chi connectivity index (χ3n) is 6.86. The number of aryl methyl sites for hydroxylation is 2. The molecule has 0 atom stereocenters. The molecule has 6 heteroatoms. The van der Waals surface area contributed by atoms with Crippen molar-refractivity contribution in [3.05, 3.63) is 96.1 Å². The largest absolute Gasteiger partial charge is 0.494 e. The number of ether oxygens (including phenoxy) is 2. The Balaban J connectivity index is 0.913. The molecule has 2 N–H and O–H groups in total. The number of imidazole rings is 2. The third-order valence-corrected chi connectivity index (χ3v) is 6.86. The van der Waals surface area contributed by atoms with E-state index in [-0.39, 0.29) is 0 Å². The number of rotatable bonds is 10. The van der Waals surface area contributed by atoms with Crippen LogP contribution < -0.4 is 9.47 Å². The smallest absolute Gasteiger partial charge is 0.138 e. The van der Waals surface area contributed by atoms with Gasteiger partial charge in [-0.3, -0.25) is 0 Å². The quantitative estimate of drug-likeness (QED) is 0.181. The summed E-state index contributed by atoms with van der Waals surface area (Å²) in [7, 11) is 0. The molecule has 0 bridgehead atoms. The third kappa shape index (κ3) is 5.80. The van der Waals surface area contributed by atoms with Crippen molar-refractivity contribution >= 4 is 22.1 Å². The Hall–Kier alpha value is -4.58. The summed E-state index contributed by atoms with van der Waals surface area (Å²) in [5.41, 5.74) is 8.62. The van der Waals surface area contributed by atoms with Gasteiger partial charge >= 0.3 is 0 Å². The molecule has 39 heavy (non-hydrogen) atoms. The van der Waals surface area contributed by atoms with E-state index in [1.165, 1.54) is 11.1 Å². The highest BCUT2D eigenvalue weighted by molar-refractivity contribution is 5.81. The second kappa shape index (κ2) is 11.0. The molecular formula is C33H32N4O2. The van der Waals surface area contributed by atoms with Crippen LogP contribution in [0.4, 0.5) is 0 Å². The van der Waals surface area contributed by atoms with E-state index < -0.39 is 0 Å². The van der Waals surface area contributed by atoms with Gasteiger partial charge in [-0.25, -0.2) is 9.97 Å². The maximum absolute atomic E-state index is 5.94. The lowest BCUT2D eigenvalue weighted by Crippen LogP contribution is -2.01. The Morgan fingerprint density at radius 3 is 1.41 bits per heavy atom. The van der Waals surface area contributed by atoms with Crippen molar-refractivity contribution in [2.75, 3.05) is 13.2 Å². The van der Waals surface area contributed by atoms with Gasteiger partial charge in [-0.2, -0.15) is 0 Å². The second-order valence-electron chi connectivity index (χ2n) is 10.0. The summed E-state index contributed by atoms with van der Waals surface area (Å²) in [5, 5.41) is 0. The molecule has 6 nitrogen and oxygen atoms in total. The van der Waals surface area contributed by atoms with Crippen LogP contribution in [0.3, 0.4) is 0 Å². The fourth-order valence-corrected chi connectivity index (χ4v) is 4.70. The van der Waals surface area contributed by atoms with Crippen molar-refractivity contribution in [1.82, 2.24) is 19.9 Å². The average Bonchev–Trinajstić information content (AvgIpc) is 3.57. The normalized spacial score (nSPS) is 11.3. The number of nitrogens with one attached hydrogen (secondary N) is 2. The Kier molecular flexibility index (Phi) is 7.00. The number of fused-ring (bicyclic) bond motifs is 2. The van der Waals surface area contributed by atoms with Crippen molar-refractivity contribution in [3.8, 4) is 34.3 Å². The molecule has 4 aromatic carbocycles. The van der Waals surface area contributed by atoms with E-state index in [0.29, 0.717) is 13.2 Å². The standard InChI is InChI=1S/C33H32N4O2/c1-22-6-16-28-30(20-22)36-32(34-28)24-8-12-26(13-9-24)38-18-4-3-5-19-39-27-14-10-25(11-15-27)33-35-29-17-7-23(2)21-31(29)37-33/h6-17,20-21H,3-5,18-19H2,1-2H3,(H,34,36)(H,35,37). The molecule has 0 unspecified atom stereocenters. The van der Waals surface area contributed by atoms with Crippen LogP contribution in [-0.2, 0) is 0 Å². The maximum Gasteiger partial charge on any atom is 0.138 e.